The smallest absolute Gasteiger partial charge is 0.332 e. The van der Waals surface area contributed by atoms with Crippen LogP contribution in [0.15, 0.2) is 12.1 Å². The zero-order valence-corrected chi connectivity index (χ0v) is 17.9. The van der Waals surface area contributed by atoms with Gasteiger partial charge in [0.15, 0.2) is 0 Å². The van der Waals surface area contributed by atoms with E-state index in [4.69, 9.17) is 24.0 Å². The first-order valence-corrected chi connectivity index (χ1v) is 11.1. The standard InChI is InChI=1S/C20H33N2O4P/c1-5-23-27(24-6-2)25-14-15-7-9-22(10-8-15)18-12-19-16(11-17(18)21)13-20(3,4)26-19/h11-12,15H,5-10,13-14,21H2,1-4H3. The molecule has 1 aromatic rings. The highest BCUT2D eigenvalue weighted by atomic mass is 31.2. The van der Waals surface area contributed by atoms with Crippen LogP contribution in [0.3, 0.4) is 0 Å². The zero-order chi connectivity index (χ0) is 19.4. The summed E-state index contributed by atoms with van der Waals surface area (Å²) in [4.78, 5) is 2.37. The van der Waals surface area contributed by atoms with E-state index >= 15 is 0 Å². The van der Waals surface area contributed by atoms with Gasteiger partial charge in [0.25, 0.3) is 0 Å². The minimum Gasteiger partial charge on any atom is -0.487 e. The Labute approximate surface area is 164 Å². The molecular weight excluding hydrogens is 363 g/mol. The summed E-state index contributed by atoms with van der Waals surface area (Å²) in [5.74, 6) is 1.51. The summed E-state index contributed by atoms with van der Waals surface area (Å²) >= 11 is 0. The first kappa shape index (κ1) is 20.7. The lowest BCUT2D eigenvalue weighted by molar-refractivity contribution is 0.138. The molecule has 0 saturated carbocycles. The number of nitrogen functional groups attached to an aromatic ring is 1. The molecule has 1 aromatic carbocycles. The van der Waals surface area contributed by atoms with E-state index in [2.05, 4.69) is 30.9 Å². The normalized spacial score (nSPS) is 19.4. The van der Waals surface area contributed by atoms with Gasteiger partial charge in [-0.25, -0.2) is 0 Å². The van der Waals surface area contributed by atoms with E-state index in [1.165, 1.54) is 5.56 Å². The highest BCUT2D eigenvalue weighted by molar-refractivity contribution is 7.41. The molecule has 0 radical (unpaired) electrons. The molecule has 27 heavy (non-hydrogen) atoms. The number of hydrogen-bond donors (Lipinski definition) is 1. The Balaban J connectivity index is 1.54. The predicted octanol–water partition coefficient (Wildman–Crippen LogP) is 4.52. The van der Waals surface area contributed by atoms with Crippen molar-refractivity contribution in [1.29, 1.82) is 0 Å². The lowest BCUT2D eigenvalue weighted by Gasteiger charge is -2.34. The molecule has 0 spiro atoms. The first-order chi connectivity index (χ1) is 12.9. The molecule has 2 heterocycles. The Kier molecular flexibility index (Phi) is 6.85. The van der Waals surface area contributed by atoms with Gasteiger partial charge in [-0.05, 0) is 52.5 Å². The van der Waals surface area contributed by atoms with Gasteiger partial charge in [0.05, 0.1) is 31.2 Å². The molecule has 7 heteroatoms. The van der Waals surface area contributed by atoms with Crippen molar-refractivity contribution >= 4 is 20.0 Å². The molecule has 0 aliphatic carbocycles. The fourth-order valence-electron chi connectivity index (χ4n) is 3.76. The van der Waals surface area contributed by atoms with Gasteiger partial charge in [-0.2, -0.15) is 0 Å². The number of benzene rings is 1. The molecule has 0 atom stereocenters. The van der Waals surface area contributed by atoms with Crippen LogP contribution in [0.4, 0.5) is 11.4 Å². The summed E-state index contributed by atoms with van der Waals surface area (Å²) in [5.41, 5.74) is 9.37. The Morgan fingerprint density at radius 2 is 1.81 bits per heavy atom. The van der Waals surface area contributed by atoms with Crippen molar-refractivity contribution in [3.63, 3.8) is 0 Å². The maximum atomic E-state index is 6.36. The van der Waals surface area contributed by atoms with E-state index in [1.807, 2.05) is 13.8 Å². The van der Waals surface area contributed by atoms with Crippen molar-refractivity contribution in [3.8, 4) is 5.75 Å². The van der Waals surface area contributed by atoms with Gasteiger partial charge in [-0.1, -0.05) is 0 Å². The van der Waals surface area contributed by atoms with Crippen LogP contribution < -0.4 is 15.4 Å². The number of nitrogens with zero attached hydrogens (tertiary/aromatic N) is 1. The minimum atomic E-state index is -1.21. The summed E-state index contributed by atoms with van der Waals surface area (Å²) in [6, 6.07) is 4.21. The van der Waals surface area contributed by atoms with Crippen LogP contribution >= 0.6 is 8.60 Å². The zero-order valence-electron chi connectivity index (χ0n) is 17.0. The quantitative estimate of drug-likeness (QED) is 0.515. The summed E-state index contributed by atoms with van der Waals surface area (Å²) in [7, 11) is -1.21. The number of anilines is 2. The van der Waals surface area contributed by atoms with Gasteiger partial charge < -0.3 is 28.9 Å². The molecule has 0 bridgehead atoms. The molecule has 0 aromatic heterocycles. The first-order valence-electron chi connectivity index (χ1n) is 9.97. The molecule has 2 aliphatic rings. The molecule has 2 aliphatic heterocycles. The summed E-state index contributed by atoms with van der Waals surface area (Å²) in [6.07, 6.45) is 3.06. The second-order valence-corrected chi connectivity index (χ2v) is 9.06. The third-order valence-electron chi connectivity index (χ3n) is 5.05. The van der Waals surface area contributed by atoms with Gasteiger partial charge in [-0.3, -0.25) is 0 Å². The Bertz CT molecular complexity index is 627. The highest BCUT2D eigenvalue weighted by Crippen LogP contribution is 2.42. The van der Waals surface area contributed by atoms with Crippen molar-refractivity contribution in [2.24, 2.45) is 5.92 Å². The van der Waals surface area contributed by atoms with Gasteiger partial charge in [0, 0.05) is 31.1 Å². The van der Waals surface area contributed by atoms with Gasteiger partial charge >= 0.3 is 8.60 Å². The number of rotatable bonds is 8. The largest absolute Gasteiger partial charge is 0.487 e. The molecule has 1 fully saturated rings. The molecule has 152 valence electrons. The van der Waals surface area contributed by atoms with Gasteiger partial charge in [0.1, 0.15) is 11.4 Å². The van der Waals surface area contributed by atoms with Crippen molar-refractivity contribution < 1.29 is 18.3 Å². The third kappa shape index (κ3) is 5.26. The van der Waals surface area contributed by atoms with E-state index in [-0.39, 0.29) is 5.60 Å². The maximum absolute atomic E-state index is 6.36. The van der Waals surface area contributed by atoms with Crippen LogP contribution in [0.25, 0.3) is 0 Å². The average Bonchev–Trinajstić information content (AvgIpc) is 2.92. The van der Waals surface area contributed by atoms with E-state index in [0.717, 1.165) is 49.5 Å². The van der Waals surface area contributed by atoms with E-state index in [9.17, 15) is 0 Å². The predicted molar refractivity (Wildman–Crippen MR) is 110 cm³/mol. The van der Waals surface area contributed by atoms with Crippen LogP contribution in [0.1, 0.15) is 46.1 Å². The van der Waals surface area contributed by atoms with E-state index in [0.29, 0.717) is 25.7 Å². The maximum Gasteiger partial charge on any atom is 0.332 e. The van der Waals surface area contributed by atoms with Crippen LogP contribution in [0.5, 0.6) is 5.75 Å². The van der Waals surface area contributed by atoms with Gasteiger partial charge in [-0.15, -0.1) is 0 Å². The molecule has 6 nitrogen and oxygen atoms in total. The van der Waals surface area contributed by atoms with Crippen molar-refractivity contribution in [2.45, 2.75) is 52.6 Å². The lowest BCUT2D eigenvalue weighted by atomic mass is 9.96. The van der Waals surface area contributed by atoms with Crippen molar-refractivity contribution in [3.05, 3.63) is 17.7 Å². The van der Waals surface area contributed by atoms with Crippen LogP contribution in [-0.4, -0.2) is 38.5 Å². The highest BCUT2D eigenvalue weighted by Gasteiger charge is 2.32. The van der Waals surface area contributed by atoms with E-state index in [1.54, 1.807) is 0 Å². The Morgan fingerprint density at radius 1 is 1.15 bits per heavy atom. The summed E-state index contributed by atoms with van der Waals surface area (Å²) in [6.45, 7) is 12.0. The molecule has 0 unspecified atom stereocenters. The fourth-order valence-corrected chi connectivity index (χ4v) is 4.74. The Morgan fingerprint density at radius 3 is 2.44 bits per heavy atom. The second-order valence-electron chi connectivity index (χ2n) is 7.84. The summed E-state index contributed by atoms with van der Waals surface area (Å²) < 4.78 is 23.0. The lowest BCUT2D eigenvalue weighted by Crippen LogP contribution is -2.35. The summed E-state index contributed by atoms with van der Waals surface area (Å²) in [5, 5.41) is 0. The number of ether oxygens (including phenoxy) is 1. The van der Waals surface area contributed by atoms with Crippen molar-refractivity contribution in [2.75, 3.05) is 43.5 Å². The van der Waals surface area contributed by atoms with Crippen LogP contribution in [-0.2, 0) is 20.0 Å². The van der Waals surface area contributed by atoms with E-state index < -0.39 is 8.60 Å². The fraction of sp³-hybridized carbons (Fsp3) is 0.700. The SMILES string of the molecule is CCOP(OCC)OCC1CCN(c2cc3c(cc2N)CC(C)(C)O3)CC1. The Hall–Kier alpha value is -1.07. The monoisotopic (exact) mass is 396 g/mol. The number of fused-ring (bicyclic) bond motifs is 1. The van der Waals surface area contributed by atoms with Crippen molar-refractivity contribution in [1.82, 2.24) is 0 Å². The number of hydrogen-bond acceptors (Lipinski definition) is 6. The molecule has 0 amide bonds. The number of nitrogens with two attached hydrogens (primary N) is 1. The topological polar surface area (TPSA) is 66.2 Å². The average molecular weight is 396 g/mol. The van der Waals surface area contributed by atoms with Crippen LogP contribution in [0.2, 0.25) is 0 Å². The molecular formula is C20H33N2O4P. The third-order valence-corrected chi connectivity index (χ3v) is 6.35. The van der Waals surface area contributed by atoms with Gasteiger partial charge in [0.2, 0.25) is 0 Å². The van der Waals surface area contributed by atoms with Crippen LogP contribution in [0, 0.1) is 5.92 Å². The molecule has 3 rings (SSSR count). The molecule has 2 N–H and O–H groups in total. The second kappa shape index (κ2) is 8.95. The minimum absolute atomic E-state index is 0.142. The number of piperidine rings is 1. The molecule has 1 saturated heterocycles.